The third-order valence-corrected chi connectivity index (χ3v) is 7.83. The Morgan fingerprint density at radius 1 is 1.08 bits per heavy atom. The van der Waals surface area contributed by atoms with Crippen LogP contribution in [0.4, 0.5) is 0 Å². The molecule has 0 spiro atoms. The van der Waals surface area contributed by atoms with E-state index in [0.29, 0.717) is 36.7 Å². The number of amides is 1. The average molecular weight is 379 g/mol. The third-order valence-electron chi connectivity index (χ3n) is 5.92. The van der Waals surface area contributed by atoms with Crippen LogP contribution in [-0.4, -0.2) is 49.7 Å². The van der Waals surface area contributed by atoms with Crippen molar-refractivity contribution in [3.63, 3.8) is 0 Å². The van der Waals surface area contributed by atoms with Crippen molar-refractivity contribution in [1.29, 1.82) is 0 Å². The lowest BCUT2D eigenvalue weighted by Crippen LogP contribution is -2.43. The first-order valence-electron chi connectivity index (χ1n) is 9.82. The van der Waals surface area contributed by atoms with Gasteiger partial charge >= 0.3 is 0 Å². The van der Waals surface area contributed by atoms with Gasteiger partial charge in [-0.1, -0.05) is 26.0 Å². The Morgan fingerprint density at radius 2 is 1.65 bits per heavy atom. The lowest BCUT2D eigenvalue weighted by atomic mass is 9.97. The molecule has 1 aromatic rings. The van der Waals surface area contributed by atoms with Crippen LogP contribution in [0.3, 0.4) is 0 Å². The Bertz CT molecular complexity index is 716. The second-order valence-electron chi connectivity index (χ2n) is 7.59. The van der Waals surface area contributed by atoms with Crippen LogP contribution in [0.2, 0.25) is 0 Å². The number of nitrogens with zero attached hydrogens (tertiary/aromatic N) is 2. The number of sulfonamides is 1. The summed E-state index contributed by atoms with van der Waals surface area (Å²) < 4.78 is 27.3. The monoisotopic (exact) mass is 378 g/mol. The fraction of sp³-hybridized carbons (Fsp3) is 0.650. The zero-order chi connectivity index (χ0) is 18.7. The van der Waals surface area contributed by atoms with Crippen LogP contribution in [0.1, 0.15) is 57.4 Å². The number of rotatable bonds is 5. The van der Waals surface area contributed by atoms with Gasteiger partial charge in [-0.25, -0.2) is 8.42 Å². The van der Waals surface area contributed by atoms with Gasteiger partial charge in [-0.2, -0.15) is 4.31 Å². The second-order valence-corrected chi connectivity index (χ2v) is 9.53. The van der Waals surface area contributed by atoms with E-state index in [1.165, 1.54) is 5.56 Å². The summed E-state index contributed by atoms with van der Waals surface area (Å²) in [7, 11) is -3.47. The summed E-state index contributed by atoms with van der Waals surface area (Å²) in [4.78, 5) is 14.8. The predicted octanol–water partition coefficient (Wildman–Crippen LogP) is 3.22. The predicted molar refractivity (Wildman–Crippen MR) is 102 cm³/mol. The number of carbonyl (C=O) groups excluding carboxylic acids is 1. The highest BCUT2D eigenvalue weighted by Crippen LogP contribution is 2.27. The van der Waals surface area contributed by atoms with Gasteiger partial charge in [-0.3, -0.25) is 4.79 Å². The highest BCUT2D eigenvalue weighted by atomic mass is 32.2. The SMILES string of the molecule is CC[C@H](C)c1ccc(S(=O)(=O)N2CCC(C(=O)N3CCCC3)CC2)cc1. The molecule has 1 aromatic carbocycles. The maximum Gasteiger partial charge on any atom is 0.243 e. The minimum Gasteiger partial charge on any atom is -0.342 e. The van der Waals surface area contributed by atoms with Gasteiger partial charge in [0, 0.05) is 32.1 Å². The highest BCUT2D eigenvalue weighted by molar-refractivity contribution is 7.89. The standard InChI is InChI=1S/C20H30N2O3S/c1-3-16(2)17-6-8-19(9-7-17)26(24,25)22-14-10-18(11-15-22)20(23)21-12-4-5-13-21/h6-9,16,18H,3-5,10-15H2,1-2H3/t16-/m0/s1. The fourth-order valence-corrected chi connectivity index (χ4v) is 5.36. The number of likely N-dealkylation sites (tertiary alicyclic amines) is 1. The van der Waals surface area contributed by atoms with E-state index in [1.54, 1.807) is 16.4 Å². The molecule has 0 unspecified atom stereocenters. The van der Waals surface area contributed by atoms with Crippen LogP contribution in [0, 0.1) is 5.92 Å². The zero-order valence-corrected chi connectivity index (χ0v) is 16.7. The molecule has 26 heavy (non-hydrogen) atoms. The first-order chi connectivity index (χ1) is 12.4. The van der Waals surface area contributed by atoms with Gasteiger partial charge in [0.25, 0.3) is 0 Å². The van der Waals surface area contributed by atoms with Crippen molar-refractivity contribution in [2.45, 2.75) is 56.8 Å². The summed E-state index contributed by atoms with van der Waals surface area (Å²) >= 11 is 0. The van der Waals surface area contributed by atoms with Gasteiger partial charge in [0.05, 0.1) is 4.90 Å². The molecule has 2 saturated heterocycles. The lowest BCUT2D eigenvalue weighted by Gasteiger charge is -2.32. The van der Waals surface area contributed by atoms with Crippen molar-refractivity contribution in [1.82, 2.24) is 9.21 Å². The van der Waals surface area contributed by atoms with E-state index in [2.05, 4.69) is 13.8 Å². The molecule has 1 amide bonds. The molecule has 1 atom stereocenters. The molecule has 2 heterocycles. The molecule has 0 aliphatic carbocycles. The van der Waals surface area contributed by atoms with Crippen LogP contribution in [0.15, 0.2) is 29.2 Å². The van der Waals surface area contributed by atoms with Crippen LogP contribution in [0.5, 0.6) is 0 Å². The van der Waals surface area contributed by atoms with E-state index in [4.69, 9.17) is 0 Å². The van der Waals surface area contributed by atoms with E-state index in [-0.39, 0.29) is 11.8 Å². The molecule has 2 fully saturated rings. The smallest absolute Gasteiger partial charge is 0.243 e. The van der Waals surface area contributed by atoms with Crippen LogP contribution in [-0.2, 0) is 14.8 Å². The van der Waals surface area contributed by atoms with Gasteiger partial charge in [-0.05, 0) is 55.7 Å². The topological polar surface area (TPSA) is 57.7 Å². The Balaban J connectivity index is 1.63. The molecule has 6 heteroatoms. The van der Waals surface area contributed by atoms with Crippen molar-refractivity contribution in [3.8, 4) is 0 Å². The number of benzene rings is 1. The van der Waals surface area contributed by atoms with Crippen molar-refractivity contribution in [2.24, 2.45) is 5.92 Å². The lowest BCUT2D eigenvalue weighted by molar-refractivity contribution is -0.135. The Hall–Kier alpha value is -1.40. The van der Waals surface area contributed by atoms with Crippen molar-refractivity contribution < 1.29 is 13.2 Å². The van der Waals surface area contributed by atoms with Crippen molar-refractivity contribution in [3.05, 3.63) is 29.8 Å². The molecule has 0 saturated carbocycles. The third kappa shape index (κ3) is 3.96. The summed E-state index contributed by atoms with van der Waals surface area (Å²) in [6.07, 6.45) is 4.46. The summed E-state index contributed by atoms with van der Waals surface area (Å²) in [5.41, 5.74) is 1.17. The van der Waals surface area contributed by atoms with E-state index in [1.807, 2.05) is 17.0 Å². The largest absolute Gasteiger partial charge is 0.342 e. The summed E-state index contributed by atoms with van der Waals surface area (Å²) in [5, 5.41) is 0. The molecule has 0 bridgehead atoms. The van der Waals surface area contributed by atoms with Crippen LogP contribution >= 0.6 is 0 Å². The summed E-state index contributed by atoms with van der Waals surface area (Å²) in [5.74, 6) is 0.629. The van der Waals surface area contributed by atoms with Crippen molar-refractivity contribution >= 4 is 15.9 Å². The minimum absolute atomic E-state index is 0.0210. The van der Waals surface area contributed by atoms with Gasteiger partial charge < -0.3 is 4.90 Å². The zero-order valence-electron chi connectivity index (χ0n) is 15.9. The fourth-order valence-electron chi connectivity index (χ4n) is 3.89. The molecule has 2 aliphatic rings. The van der Waals surface area contributed by atoms with Gasteiger partial charge in [0.2, 0.25) is 15.9 Å². The number of carbonyl (C=O) groups is 1. The molecule has 0 aromatic heterocycles. The first-order valence-corrected chi connectivity index (χ1v) is 11.3. The second kappa shape index (κ2) is 8.09. The molecule has 5 nitrogen and oxygen atoms in total. The minimum atomic E-state index is -3.47. The molecule has 0 N–H and O–H groups in total. The van der Waals surface area contributed by atoms with Crippen molar-refractivity contribution in [2.75, 3.05) is 26.2 Å². The van der Waals surface area contributed by atoms with Gasteiger partial charge in [0.1, 0.15) is 0 Å². The first kappa shape index (κ1) is 19.4. The number of piperidine rings is 1. The Kier molecular flexibility index (Phi) is 6.03. The highest BCUT2D eigenvalue weighted by Gasteiger charge is 2.34. The van der Waals surface area contributed by atoms with E-state index >= 15 is 0 Å². The molecular weight excluding hydrogens is 348 g/mol. The molecule has 144 valence electrons. The van der Waals surface area contributed by atoms with Crippen LogP contribution < -0.4 is 0 Å². The molecule has 2 aliphatic heterocycles. The maximum atomic E-state index is 12.9. The Labute approximate surface area is 157 Å². The van der Waals surface area contributed by atoms with E-state index < -0.39 is 10.0 Å². The molecular formula is C20H30N2O3S. The normalized spacial score (nSPS) is 21.1. The average Bonchev–Trinajstić information content (AvgIpc) is 3.21. The number of hydrogen-bond acceptors (Lipinski definition) is 3. The summed E-state index contributed by atoms with van der Waals surface area (Å²) in [6, 6.07) is 7.28. The van der Waals surface area contributed by atoms with Gasteiger partial charge in [-0.15, -0.1) is 0 Å². The number of hydrogen-bond donors (Lipinski definition) is 0. The quantitative estimate of drug-likeness (QED) is 0.790. The van der Waals surface area contributed by atoms with E-state index in [9.17, 15) is 13.2 Å². The van der Waals surface area contributed by atoms with Crippen LogP contribution in [0.25, 0.3) is 0 Å². The Morgan fingerprint density at radius 3 is 2.19 bits per heavy atom. The molecule has 3 rings (SSSR count). The van der Waals surface area contributed by atoms with E-state index in [0.717, 1.165) is 32.4 Å². The summed E-state index contributed by atoms with van der Waals surface area (Å²) in [6.45, 7) is 6.85. The van der Waals surface area contributed by atoms with Gasteiger partial charge in [0.15, 0.2) is 0 Å². The maximum absolute atomic E-state index is 12.9. The molecule has 0 radical (unpaired) electrons.